The summed E-state index contributed by atoms with van der Waals surface area (Å²) >= 11 is 1.64. The molecule has 1 aliphatic rings. The fourth-order valence-electron chi connectivity index (χ4n) is 1.63. The zero-order chi connectivity index (χ0) is 9.47. The summed E-state index contributed by atoms with van der Waals surface area (Å²) in [5.41, 5.74) is 7.09. The van der Waals surface area contributed by atoms with E-state index >= 15 is 0 Å². The van der Waals surface area contributed by atoms with Crippen LogP contribution in [0.3, 0.4) is 0 Å². The van der Waals surface area contributed by atoms with Crippen LogP contribution in [-0.4, -0.2) is 18.6 Å². The van der Waals surface area contributed by atoms with Crippen molar-refractivity contribution in [3.8, 4) is 5.19 Å². The summed E-state index contributed by atoms with van der Waals surface area (Å²) in [6.07, 6.45) is 2.41. The Labute approximate surface area is 81.9 Å². The van der Waals surface area contributed by atoms with E-state index in [-0.39, 0.29) is 5.41 Å². The van der Waals surface area contributed by atoms with Crippen molar-refractivity contribution in [2.45, 2.75) is 25.2 Å². The number of hydrogen-bond acceptors (Lipinski definition) is 4. The minimum atomic E-state index is 0.249. The van der Waals surface area contributed by atoms with E-state index in [4.69, 9.17) is 10.5 Å². The third-order valence-corrected chi connectivity index (χ3v) is 4.04. The highest BCUT2D eigenvalue weighted by Crippen LogP contribution is 2.51. The Balaban J connectivity index is 2.34. The molecule has 4 heteroatoms. The third-order valence-electron chi connectivity index (χ3n) is 2.68. The number of nitrogens with zero attached hydrogens (tertiary/aromatic N) is 1. The molecule has 2 N–H and O–H groups in total. The lowest BCUT2D eigenvalue weighted by molar-refractivity contribution is 0.411. The van der Waals surface area contributed by atoms with Crippen molar-refractivity contribution in [2.75, 3.05) is 13.7 Å². The number of aryl methyl sites for hydroxylation is 1. The van der Waals surface area contributed by atoms with E-state index in [9.17, 15) is 0 Å². The molecule has 0 bridgehead atoms. The first kappa shape index (κ1) is 8.97. The molecule has 0 radical (unpaired) electrons. The molecule has 1 saturated carbocycles. The Hall–Kier alpha value is -0.610. The molecule has 72 valence electrons. The SMILES string of the molecule is COc1nc(C)c(C2(CN)CC2)s1. The molecule has 0 spiro atoms. The molecular formula is C9H14N2OS. The van der Waals surface area contributed by atoms with Crippen LogP contribution in [0.1, 0.15) is 23.4 Å². The molecule has 1 aliphatic carbocycles. The lowest BCUT2D eigenvalue weighted by atomic mass is 10.0. The van der Waals surface area contributed by atoms with Gasteiger partial charge in [0.05, 0.1) is 12.8 Å². The van der Waals surface area contributed by atoms with Gasteiger partial charge in [0, 0.05) is 16.8 Å². The number of ether oxygens (including phenoxy) is 1. The molecule has 13 heavy (non-hydrogen) atoms. The average Bonchev–Trinajstić information content (AvgIpc) is 2.85. The molecule has 0 amide bonds. The largest absolute Gasteiger partial charge is 0.473 e. The van der Waals surface area contributed by atoms with Crippen LogP contribution >= 0.6 is 11.3 Å². The number of rotatable bonds is 3. The second-order valence-corrected chi connectivity index (χ2v) is 4.54. The first-order valence-corrected chi connectivity index (χ1v) is 5.25. The number of nitrogens with two attached hydrogens (primary N) is 1. The predicted octanol–water partition coefficient (Wildman–Crippen LogP) is 1.45. The second-order valence-electron chi connectivity index (χ2n) is 3.58. The standard InChI is InChI=1S/C9H14N2OS/c1-6-7(9(5-10)3-4-9)13-8(11-6)12-2/h3-5,10H2,1-2H3. The highest BCUT2D eigenvalue weighted by molar-refractivity contribution is 7.13. The van der Waals surface area contributed by atoms with Crippen LogP contribution in [0, 0.1) is 6.92 Å². The molecule has 0 saturated heterocycles. The summed E-state index contributed by atoms with van der Waals surface area (Å²) in [5.74, 6) is 0. The first-order valence-electron chi connectivity index (χ1n) is 4.44. The van der Waals surface area contributed by atoms with Gasteiger partial charge in [-0.25, -0.2) is 4.98 Å². The van der Waals surface area contributed by atoms with E-state index < -0.39 is 0 Å². The molecule has 1 aromatic heterocycles. The molecule has 0 unspecified atom stereocenters. The van der Waals surface area contributed by atoms with Crippen LogP contribution in [0.25, 0.3) is 0 Å². The first-order chi connectivity index (χ1) is 6.22. The summed E-state index contributed by atoms with van der Waals surface area (Å²) in [6, 6.07) is 0. The van der Waals surface area contributed by atoms with Crippen molar-refractivity contribution >= 4 is 11.3 Å². The fraction of sp³-hybridized carbons (Fsp3) is 0.667. The molecule has 0 atom stereocenters. The topological polar surface area (TPSA) is 48.1 Å². The number of methoxy groups -OCH3 is 1. The van der Waals surface area contributed by atoms with E-state index in [1.807, 2.05) is 6.92 Å². The molecule has 3 nitrogen and oxygen atoms in total. The maximum atomic E-state index is 5.76. The summed E-state index contributed by atoms with van der Waals surface area (Å²) in [5, 5.41) is 0.757. The summed E-state index contributed by atoms with van der Waals surface area (Å²) in [7, 11) is 1.66. The van der Waals surface area contributed by atoms with Gasteiger partial charge in [0.1, 0.15) is 0 Å². The minimum Gasteiger partial charge on any atom is -0.473 e. The van der Waals surface area contributed by atoms with Crippen molar-refractivity contribution in [1.82, 2.24) is 4.98 Å². The van der Waals surface area contributed by atoms with E-state index in [2.05, 4.69) is 4.98 Å². The van der Waals surface area contributed by atoms with E-state index in [0.29, 0.717) is 0 Å². The lowest BCUT2D eigenvalue weighted by Gasteiger charge is -2.09. The average molecular weight is 198 g/mol. The number of aromatic nitrogens is 1. The van der Waals surface area contributed by atoms with Crippen molar-refractivity contribution in [2.24, 2.45) is 5.73 Å². The number of hydrogen-bond donors (Lipinski definition) is 1. The molecule has 2 rings (SSSR count). The van der Waals surface area contributed by atoms with Crippen molar-refractivity contribution in [3.63, 3.8) is 0 Å². The quantitative estimate of drug-likeness (QED) is 0.799. The fourth-order valence-corrected chi connectivity index (χ4v) is 2.76. The highest BCUT2D eigenvalue weighted by atomic mass is 32.1. The van der Waals surface area contributed by atoms with E-state index in [1.54, 1.807) is 18.4 Å². The van der Waals surface area contributed by atoms with Gasteiger partial charge in [0.25, 0.3) is 5.19 Å². The van der Waals surface area contributed by atoms with Crippen LogP contribution in [0.2, 0.25) is 0 Å². The Morgan fingerprint density at radius 3 is 2.69 bits per heavy atom. The molecule has 0 aromatic carbocycles. The zero-order valence-corrected chi connectivity index (χ0v) is 8.78. The highest BCUT2D eigenvalue weighted by Gasteiger charge is 2.45. The summed E-state index contributed by atoms with van der Waals surface area (Å²) in [4.78, 5) is 5.65. The van der Waals surface area contributed by atoms with Crippen LogP contribution in [0.5, 0.6) is 5.19 Å². The van der Waals surface area contributed by atoms with Crippen LogP contribution in [0.4, 0.5) is 0 Å². The maximum absolute atomic E-state index is 5.76. The van der Waals surface area contributed by atoms with Gasteiger partial charge in [0.2, 0.25) is 0 Å². The Morgan fingerprint density at radius 2 is 2.31 bits per heavy atom. The normalized spacial score (nSPS) is 18.7. The molecule has 1 heterocycles. The maximum Gasteiger partial charge on any atom is 0.273 e. The number of thiazole rings is 1. The Bertz CT molecular complexity index is 317. The van der Waals surface area contributed by atoms with Gasteiger partial charge in [0.15, 0.2) is 0 Å². The van der Waals surface area contributed by atoms with E-state index in [0.717, 1.165) is 17.4 Å². The van der Waals surface area contributed by atoms with Gasteiger partial charge in [-0.1, -0.05) is 11.3 Å². The van der Waals surface area contributed by atoms with Crippen molar-refractivity contribution in [3.05, 3.63) is 10.6 Å². The van der Waals surface area contributed by atoms with Crippen LogP contribution < -0.4 is 10.5 Å². The van der Waals surface area contributed by atoms with Gasteiger partial charge in [-0.3, -0.25) is 0 Å². The lowest BCUT2D eigenvalue weighted by Crippen LogP contribution is -2.19. The summed E-state index contributed by atoms with van der Waals surface area (Å²) < 4.78 is 5.11. The van der Waals surface area contributed by atoms with Gasteiger partial charge in [-0.05, 0) is 19.8 Å². The zero-order valence-electron chi connectivity index (χ0n) is 7.96. The Kier molecular flexibility index (Phi) is 2.04. The van der Waals surface area contributed by atoms with Gasteiger partial charge in [-0.2, -0.15) is 0 Å². The smallest absolute Gasteiger partial charge is 0.273 e. The van der Waals surface area contributed by atoms with Gasteiger partial charge in [-0.15, -0.1) is 0 Å². The molecule has 1 fully saturated rings. The minimum absolute atomic E-state index is 0.249. The van der Waals surface area contributed by atoms with Crippen molar-refractivity contribution < 1.29 is 4.74 Å². The Morgan fingerprint density at radius 1 is 1.62 bits per heavy atom. The van der Waals surface area contributed by atoms with E-state index in [1.165, 1.54) is 17.7 Å². The monoisotopic (exact) mass is 198 g/mol. The van der Waals surface area contributed by atoms with Crippen LogP contribution in [0.15, 0.2) is 0 Å². The molecule has 0 aliphatic heterocycles. The van der Waals surface area contributed by atoms with Gasteiger partial charge >= 0.3 is 0 Å². The van der Waals surface area contributed by atoms with Crippen LogP contribution in [-0.2, 0) is 5.41 Å². The predicted molar refractivity (Wildman–Crippen MR) is 53.4 cm³/mol. The third kappa shape index (κ3) is 1.34. The van der Waals surface area contributed by atoms with Gasteiger partial charge < -0.3 is 10.5 Å². The van der Waals surface area contributed by atoms with Crippen molar-refractivity contribution in [1.29, 1.82) is 0 Å². The molecule has 1 aromatic rings. The second kappa shape index (κ2) is 2.96. The molecular weight excluding hydrogens is 184 g/mol. The summed E-state index contributed by atoms with van der Waals surface area (Å²) in [6.45, 7) is 2.77.